The van der Waals surface area contributed by atoms with Crippen molar-refractivity contribution in [1.82, 2.24) is 10.2 Å². The molecular weight excluding hydrogens is 196 g/mol. The third-order valence-corrected chi connectivity index (χ3v) is 2.80. The van der Waals surface area contributed by atoms with Crippen molar-refractivity contribution in [2.75, 3.05) is 33.3 Å². The van der Waals surface area contributed by atoms with E-state index in [1.165, 1.54) is 0 Å². The first-order chi connectivity index (χ1) is 7.17. The van der Waals surface area contributed by atoms with Crippen molar-refractivity contribution in [3.8, 4) is 0 Å². The van der Waals surface area contributed by atoms with Crippen LogP contribution in [-0.4, -0.2) is 60.4 Å². The average molecular weight is 216 g/mol. The normalized spacial score (nSPS) is 24.9. The summed E-state index contributed by atoms with van der Waals surface area (Å²) in [7, 11) is 1.64. The van der Waals surface area contributed by atoms with Crippen LogP contribution < -0.4 is 5.32 Å². The molecule has 0 aromatic heterocycles. The molecule has 0 saturated carbocycles. The van der Waals surface area contributed by atoms with E-state index >= 15 is 0 Å². The van der Waals surface area contributed by atoms with Crippen molar-refractivity contribution in [3.63, 3.8) is 0 Å². The molecule has 0 aromatic rings. The Bertz CT molecular complexity index is 211. The largest absolute Gasteiger partial charge is 0.394 e. The third-order valence-electron chi connectivity index (χ3n) is 2.80. The van der Waals surface area contributed by atoms with Crippen LogP contribution in [0.4, 0.5) is 0 Å². The molecule has 0 spiro atoms. The van der Waals surface area contributed by atoms with Crippen LogP contribution in [0.25, 0.3) is 0 Å². The maximum absolute atomic E-state index is 11.4. The molecule has 15 heavy (non-hydrogen) atoms. The lowest BCUT2D eigenvalue weighted by Gasteiger charge is -2.32. The summed E-state index contributed by atoms with van der Waals surface area (Å²) < 4.78 is 0. The molecule has 2 unspecified atom stereocenters. The van der Waals surface area contributed by atoms with Crippen LogP contribution in [0.1, 0.15) is 12.8 Å². The maximum Gasteiger partial charge on any atom is 0.224 e. The van der Waals surface area contributed by atoms with Gasteiger partial charge in [0.15, 0.2) is 0 Å². The van der Waals surface area contributed by atoms with Gasteiger partial charge in [-0.2, -0.15) is 0 Å². The zero-order valence-electron chi connectivity index (χ0n) is 9.15. The second-order valence-corrected chi connectivity index (χ2v) is 4.05. The SMILES string of the molecule is CNC(=O)C1CCCN(CC(O)CO)C1. The highest BCUT2D eigenvalue weighted by atomic mass is 16.3. The molecule has 0 aromatic carbocycles. The molecule has 0 aliphatic carbocycles. The maximum atomic E-state index is 11.4. The molecule has 1 heterocycles. The fourth-order valence-electron chi connectivity index (χ4n) is 2.00. The molecule has 0 radical (unpaired) electrons. The van der Waals surface area contributed by atoms with Crippen molar-refractivity contribution in [1.29, 1.82) is 0 Å². The zero-order valence-corrected chi connectivity index (χ0v) is 9.15. The highest BCUT2D eigenvalue weighted by Gasteiger charge is 2.25. The summed E-state index contributed by atoms with van der Waals surface area (Å²) in [5, 5.41) is 20.7. The molecule has 88 valence electrons. The molecule has 1 aliphatic rings. The summed E-state index contributed by atoms with van der Waals surface area (Å²) in [5.41, 5.74) is 0. The number of rotatable bonds is 4. The van der Waals surface area contributed by atoms with Gasteiger partial charge in [0.25, 0.3) is 0 Å². The number of hydrogen-bond acceptors (Lipinski definition) is 4. The standard InChI is InChI=1S/C10H20N2O3/c1-11-10(15)8-3-2-4-12(5-8)6-9(14)7-13/h8-9,13-14H,2-7H2,1H3,(H,11,15). The topological polar surface area (TPSA) is 72.8 Å². The number of aliphatic hydroxyl groups is 2. The Balaban J connectivity index is 2.38. The van der Waals surface area contributed by atoms with Gasteiger partial charge in [0, 0.05) is 20.1 Å². The molecule has 1 saturated heterocycles. The molecule has 5 heteroatoms. The third kappa shape index (κ3) is 3.77. The quantitative estimate of drug-likeness (QED) is 0.552. The van der Waals surface area contributed by atoms with Gasteiger partial charge in [-0.3, -0.25) is 9.69 Å². The van der Waals surface area contributed by atoms with Crippen LogP contribution >= 0.6 is 0 Å². The van der Waals surface area contributed by atoms with Gasteiger partial charge in [0.2, 0.25) is 5.91 Å². The van der Waals surface area contributed by atoms with Crippen LogP contribution in [0.2, 0.25) is 0 Å². The summed E-state index contributed by atoms with van der Waals surface area (Å²) >= 11 is 0. The molecule has 3 N–H and O–H groups in total. The van der Waals surface area contributed by atoms with Gasteiger partial charge < -0.3 is 15.5 Å². The van der Waals surface area contributed by atoms with Gasteiger partial charge >= 0.3 is 0 Å². The van der Waals surface area contributed by atoms with E-state index in [0.717, 1.165) is 19.4 Å². The molecule has 0 bridgehead atoms. The van der Waals surface area contributed by atoms with E-state index in [-0.39, 0.29) is 18.4 Å². The number of likely N-dealkylation sites (tertiary alicyclic amines) is 1. The van der Waals surface area contributed by atoms with Gasteiger partial charge in [-0.1, -0.05) is 0 Å². The number of amides is 1. The van der Waals surface area contributed by atoms with Gasteiger partial charge in [-0.25, -0.2) is 0 Å². The lowest BCUT2D eigenvalue weighted by molar-refractivity contribution is -0.126. The van der Waals surface area contributed by atoms with Gasteiger partial charge in [0.05, 0.1) is 18.6 Å². The molecule has 1 amide bonds. The smallest absolute Gasteiger partial charge is 0.224 e. The number of carbonyl (C=O) groups is 1. The Hall–Kier alpha value is -0.650. The number of hydrogen-bond donors (Lipinski definition) is 3. The lowest BCUT2D eigenvalue weighted by atomic mass is 9.97. The Labute approximate surface area is 90.1 Å². The fourth-order valence-corrected chi connectivity index (χ4v) is 2.00. The minimum absolute atomic E-state index is 0.0228. The molecular formula is C10H20N2O3. The summed E-state index contributed by atoms with van der Waals surface area (Å²) in [6.07, 6.45) is 1.18. The van der Waals surface area contributed by atoms with E-state index in [1.54, 1.807) is 7.05 Å². The molecule has 1 fully saturated rings. The number of β-amino-alcohol motifs (C(OH)–C–C–N with tert-alkyl or cyclic N) is 1. The van der Waals surface area contributed by atoms with Gasteiger partial charge in [0.1, 0.15) is 0 Å². The Morgan fingerprint density at radius 3 is 3.00 bits per heavy atom. The predicted molar refractivity (Wildman–Crippen MR) is 56.3 cm³/mol. The summed E-state index contributed by atoms with van der Waals surface area (Å²) in [6.45, 7) is 1.80. The van der Waals surface area contributed by atoms with Crippen LogP contribution in [0.15, 0.2) is 0 Å². The molecule has 5 nitrogen and oxygen atoms in total. The van der Waals surface area contributed by atoms with Crippen molar-refractivity contribution in [3.05, 3.63) is 0 Å². The highest BCUT2D eigenvalue weighted by molar-refractivity contribution is 5.78. The molecule has 1 rings (SSSR count). The molecule has 2 atom stereocenters. The average Bonchev–Trinajstić information content (AvgIpc) is 2.28. The first kappa shape index (κ1) is 12.4. The first-order valence-electron chi connectivity index (χ1n) is 5.40. The first-order valence-corrected chi connectivity index (χ1v) is 5.40. The van der Waals surface area contributed by atoms with E-state index < -0.39 is 6.10 Å². The number of carbonyl (C=O) groups excluding carboxylic acids is 1. The zero-order chi connectivity index (χ0) is 11.3. The van der Waals surface area contributed by atoms with Gasteiger partial charge in [-0.05, 0) is 19.4 Å². The van der Waals surface area contributed by atoms with E-state index in [4.69, 9.17) is 5.11 Å². The minimum Gasteiger partial charge on any atom is -0.394 e. The van der Waals surface area contributed by atoms with E-state index in [2.05, 4.69) is 5.32 Å². The van der Waals surface area contributed by atoms with E-state index in [1.807, 2.05) is 4.90 Å². The van der Waals surface area contributed by atoms with Crippen LogP contribution in [0, 0.1) is 5.92 Å². The summed E-state index contributed by atoms with van der Waals surface area (Å²) in [6, 6.07) is 0. The highest BCUT2D eigenvalue weighted by Crippen LogP contribution is 2.16. The number of aliphatic hydroxyl groups excluding tert-OH is 2. The minimum atomic E-state index is -0.701. The lowest BCUT2D eigenvalue weighted by Crippen LogP contribution is -2.45. The summed E-state index contributed by atoms with van der Waals surface area (Å²) in [5.74, 6) is 0.0906. The Morgan fingerprint density at radius 1 is 1.67 bits per heavy atom. The second-order valence-electron chi connectivity index (χ2n) is 4.05. The van der Waals surface area contributed by atoms with Crippen LogP contribution in [-0.2, 0) is 4.79 Å². The Morgan fingerprint density at radius 2 is 2.40 bits per heavy atom. The summed E-state index contributed by atoms with van der Waals surface area (Å²) in [4.78, 5) is 13.5. The van der Waals surface area contributed by atoms with Crippen molar-refractivity contribution >= 4 is 5.91 Å². The van der Waals surface area contributed by atoms with E-state index in [0.29, 0.717) is 13.1 Å². The second kappa shape index (κ2) is 6.05. The van der Waals surface area contributed by atoms with Gasteiger partial charge in [-0.15, -0.1) is 0 Å². The van der Waals surface area contributed by atoms with E-state index in [9.17, 15) is 9.90 Å². The number of nitrogens with zero attached hydrogens (tertiary/aromatic N) is 1. The fraction of sp³-hybridized carbons (Fsp3) is 0.900. The van der Waals surface area contributed by atoms with Crippen molar-refractivity contribution in [2.45, 2.75) is 18.9 Å². The number of piperidine rings is 1. The van der Waals surface area contributed by atoms with Crippen molar-refractivity contribution < 1.29 is 15.0 Å². The Kier molecular flexibility index (Phi) is 5.01. The monoisotopic (exact) mass is 216 g/mol. The van der Waals surface area contributed by atoms with Crippen molar-refractivity contribution in [2.24, 2.45) is 5.92 Å². The number of nitrogens with one attached hydrogen (secondary N) is 1. The predicted octanol–water partition coefficient (Wildman–Crippen LogP) is -1.20. The molecule has 1 aliphatic heterocycles. The van der Waals surface area contributed by atoms with Crippen LogP contribution in [0.3, 0.4) is 0 Å². The van der Waals surface area contributed by atoms with Crippen LogP contribution in [0.5, 0.6) is 0 Å².